The molecule has 1 amide bonds. The van der Waals surface area contributed by atoms with Crippen LogP contribution in [0.2, 0.25) is 0 Å². The van der Waals surface area contributed by atoms with Crippen LogP contribution in [0.3, 0.4) is 0 Å². The molecule has 3 aromatic rings. The second-order valence-electron chi connectivity index (χ2n) is 6.29. The Labute approximate surface area is 156 Å². The number of rotatable bonds is 7. The van der Waals surface area contributed by atoms with Crippen LogP contribution >= 0.6 is 0 Å². The van der Waals surface area contributed by atoms with Crippen LogP contribution < -0.4 is 5.32 Å². The van der Waals surface area contributed by atoms with Crippen LogP contribution in [0.15, 0.2) is 48.5 Å². The van der Waals surface area contributed by atoms with Crippen LogP contribution in [0, 0.1) is 11.3 Å². The molecule has 1 heterocycles. The summed E-state index contributed by atoms with van der Waals surface area (Å²) in [5, 5.41) is 22.1. The molecule has 0 aliphatic carbocycles. The number of carbonyl (C=O) groups is 2. The van der Waals surface area contributed by atoms with E-state index in [-0.39, 0.29) is 6.42 Å². The maximum absolute atomic E-state index is 13.0. The number of carboxylic acid groups (broad SMARTS) is 1. The summed E-state index contributed by atoms with van der Waals surface area (Å²) in [6.45, 7) is 0. The minimum Gasteiger partial charge on any atom is -0.480 e. The van der Waals surface area contributed by atoms with Gasteiger partial charge in [-0.05, 0) is 31.4 Å². The average molecular weight is 361 g/mol. The van der Waals surface area contributed by atoms with Gasteiger partial charge >= 0.3 is 5.97 Å². The third kappa shape index (κ3) is 4.04. The maximum Gasteiger partial charge on any atom is 0.326 e. The van der Waals surface area contributed by atoms with Crippen molar-refractivity contribution in [1.82, 2.24) is 10.3 Å². The average Bonchev–Trinajstić information content (AvgIpc) is 2.68. The van der Waals surface area contributed by atoms with E-state index < -0.39 is 17.9 Å². The molecular weight excluding hydrogens is 342 g/mol. The molecule has 0 bridgehead atoms. The molecule has 2 N–H and O–H groups in total. The number of aliphatic carboxylic acids is 1. The fraction of sp³-hybridized carbons (Fsp3) is 0.238. The molecule has 3 rings (SSSR count). The second-order valence-corrected chi connectivity index (χ2v) is 6.29. The molecule has 1 aromatic heterocycles. The quantitative estimate of drug-likeness (QED) is 0.494. The first kappa shape index (κ1) is 18.3. The first-order valence-corrected chi connectivity index (χ1v) is 8.80. The van der Waals surface area contributed by atoms with Gasteiger partial charge in [0.1, 0.15) is 6.04 Å². The number of carbonyl (C=O) groups excluding carboxylic acids is 1. The number of aromatic nitrogens is 1. The lowest BCUT2D eigenvalue weighted by atomic mass is 10.0. The van der Waals surface area contributed by atoms with Gasteiger partial charge in [-0.15, -0.1) is 0 Å². The number of nitrogens with zero attached hydrogens (tertiary/aromatic N) is 2. The normalized spacial score (nSPS) is 11.8. The molecule has 0 saturated carbocycles. The third-order valence-corrected chi connectivity index (χ3v) is 4.45. The number of fused-ring (bicyclic) bond motifs is 2. The molecule has 0 unspecified atom stereocenters. The van der Waals surface area contributed by atoms with E-state index in [9.17, 15) is 14.7 Å². The number of amides is 1. The maximum atomic E-state index is 13.0. The van der Waals surface area contributed by atoms with Crippen LogP contribution in [0.1, 0.15) is 36.0 Å². The van der Waals surface area contributed by atoms with Crippen LogP contribution in [-0.2, 0) is 4.79 Å². The minimum absolute atomic E-state index is 0.281. The lowest BCUT2D eigenvalue weighted by Gasteiger charge is -2.16. The fourth-order valence-electron chi connectivity index (χ4n) is 3.12. The topological polar surface area (TPSA) is 103 Å². The van der Waals surface area contributed by atoms with Crippen molar-refractivity contribution in [3.63, 3.8) is 0 Å². The summed E-state index contributed by atoms with van der Waals surface area (Å²) >= 11 is 0. The highest BCUT2D eigenvalue weighted by atomic mass is 16.4. The minimum atomic E-state index is -1.08. The zero-order valence-electron chi connectivity index (χ0n) is 14.7. The predicted molar refractivity (Wildman–Crippen MR) is 102 cm³/mol. The lowest BCUT2D eigenvalue weighted by Crippen LogP contribution is -2.40. The van der Waals surface area contributed by atoms with Gasteiger partial charge in [0, 0.05) is 17.2 Å². The molecule has 0 aliphatic heterocycles. The zero-order chi connectivity index (χ0) is 19.2. The lowest BCUT2D eigenvalue weighted by molar-refractivity contribution is -0.139. The number of hydrogen-bond donors (Lipinski definition) is 2. The molecule has 6 nitrogen and oxygen atoms in total. The predicted octanol–water partition coefficient (Wildman–Crippen LogP) is 3.65. The Balaban J connectivity index is 1.96. The van der Waals surface area contributed by atoms with Crippen molar-refractivity contribution in [1.29, 1.82) is 5.26 Å². The first-order chi connectivity index (χ1) is 13.1. The summed E-state index contributed by atoms with van der Waals surface area (Å²) in [5.41, 5.74) is 1.80. The molecule has 0 aliphatic rings. The Morgan fingerprint density at radius 1 is 1.04 bits per heavy atom. The molecule has 0 saturated heterocycles. The van der Waals surface area contributed by atoms with Gasteiger partial charge in [0.2, 0.25) is 0 Å². The highest BCUT2D eigenvalue weighted by molar-refractivity contribution is 6.16. The van der Waals surface area contributed by atoms with Crippen LogP contribution in [0.5, 0.6) is 0 Å². The number of hydrogen-bond acceptors (Lipinski definition) is 4. The second kappa shape index (κ2) is 8.28. The van der Waals surface area contributed by atoms with Crippen molar-refractivity contribution in [3.8, 4) is 6.07 Å². The van der Waals surface area contributed by atoms with E-state index in [0.29, 0.717) is 46.6 Å². The number of pyridine rings is 1. The monoisotopic (exact) mass is 361 g/mol. The number of nitriles is 1. The van der Waals surface area contributed by atoms with Gasteiger partial charge in [-0.3, -0.25) is 4.79 Å². The Morgan fingerprint density at radius 2 is 1.63 bits per heavy atom. The molecule has 0 fully saturated rings. The molecule has 0 radical (unpaired) electrons. The Hall–Kier alpha value is -3.46. The molecule has 6 heteroatoms. The number of carboxylic acids is 1. The van der Waals surface area contributed by atoms with Gasteiger partial charge in [0.25, 0.3) is 5.91 Å². The van der Waals surface area contributed by atoms with Gasteiger partial charge in [-0.2, -0.15) is 5.26 Å². The molecule has 27 heavy (non-hydrogen) atoms. The van der Waals surface area contributed by atoms with Gasteiger partial charge in [-0.25, -0.2) is 9.78 Å². The molecular formula is C21H19N3O3. The smallest absolute Gasteiger partial charge is 0.326 e. The van der Waals surface area contributed by atoms with Gasteiger partial charge in [0.15, 0.2) is 0 Å². The molecule has 136 valence electrons. The van der Waals surface area contributed by atoms with Crippen molar-refractivity contribution in [3.05, 3.63) is 54.1 Å². The van der Waals surface area contributed by atoms with Crippen molar-refractivity contribution in [2.75, 3.05) is 0 Å². The Morgan fingerprint density at radius 3 is 2.19 bits per heavy atom. The van der Waals surface area contributed by atoms with Crippen LogP contribution in [0.4, 0.5) is 0 Å². The number of benzene rings is 2. The van der Waals surface area contributed by atoms with E-state index in [1.807, 2.05) is 54.6 Å². The van der Waals surface area contributed by atoms with Crippen molar-refractivity contribution in [2.24, 2.45) is 0 Å². The largest absolute Gasteiger partial charge is 0.480 e. The van der Waals surface area contributed by atoms with Crippen LogP contribution in [-0.4, -0.2) is 28.0 Å². The zero-order valence-corrected chi connectivity index (χ0v) is 14.7. The SMILES string of the molecule is N#CCCCC[C@H](NC(=O)c1c2ccccc2nc2ccccc12)C(=O)O. The molecule has 2 aromatic carbocycles. The van der Waals surface area contributed by atoms with E-state index in [1.54, 1.807) is 0 Å². The Bertz CT molecular complexity index is 986. The van der Waals surface area contributed by atoms with Crippen molar-refractivity contribution in [2.45, 2.75) is 31.7 Å². The standard InChI is InChI=1S/C21H19N3O3/c22-13-7-1-2-12-18(21(26)27)24-20(25)19-14-8-3-5-10-16(14)23-17-11-6-4-9-15(17)19/h3-6,8-11,18H,1-2,7,12H2,(H,24,25)(H,26,27)/t18-/m0/s1. The highest BCUT2D eigenvalue weighted by Gasteiger charge is 2.23. The van der Waals surface area contributed by atoms with Crippen LogP contribution in [0.25, 0.3) is 21.8 Å². The van der Waals surface area contributed by atoms with E-state index >= 15 is 0 Å². The summed E-state index contributed by atoms with van der Waals surface area (Å²) in [5.74, 6) is -1.51. The van der Waals surface area contributed by atoms with E-state index in [1.165, 1.54) is 0 Å². The number of para-hydroxylation sites is 2. The Kier molecular flexibility index (Phi) is 5.62. The summed E-state index contributed by atoms with van der Waals surface area (Å²) < 4.78 is 0. The first-order valence-electron chi connectivity index (χ1n) is 8.80. The van der Waals surface area contributed by atoms with E-state index in [2.05, 4.69) is 10.3 Å². The molecule has 1 atom stereocenters. The number of unbranched alkanes of at least 4 members (excludes halogenated alkanes) is 2. The third-order valence-electron chi connectivity index (χ3n) is 4.45. The van der Waals surface area contributed by atoms with Gasteiger partial charge < -0.3 is 10.4 Å². The summed E-state index contributed by atoms with van der Waals surface area (Å²) in [6.07, 6.45) is 1.82. The summed E-state index contributed by atoms with van der Waals surface area (Å²) in [7, 11) is 0. The summed E-state index contributed by atoms with van der Waals surface area (Å²) in [4.78, 5) is 29.2. The van der Waals surface area contributed by atoms with E-state index in [4.69, 9.17) is 5.26 Å². The van der Waals surface area contributed by atoms with Gasteiger partial charge in [-0.1, -0.05) is 36.4 Å². The highest BCUT2D eigenvalue weighted by Crippen LogP contribution is 2.26. The van der Waals surface area contributed by atoms with E-state index in [0.717, 1.165) is 0 Å². The molecule has 0 spiro atoms. The summed E-state index contributed by atoms with van der Waals surface area (Å²) in [6, 6.07) is 15.7. The van der Waals surface area contributed by atoms with Crippen molar-refractivity contribution < 1.29 is 14.7 Å². The fourth-order valence-corrected chi connectivity index (χ4v) is 3.12. The number of nitrogens with one attached hydrogen (secondary N) is 1. The van der Waals surface area contributed by atoms with Gasteiger partial charge in [0.05, 0.1) is 22.7 Å². The van der Waals surface area contributed by atoms with Crippen molar-refractivity contribution >= 4 is 33.7 Å².